The van der Waals surface area contributed by atoms with E-state index in [0.717, 1.165) is 109 Å². The third-order valence-corrected chi connectivity index (χ3v) is 14.8. The molecule has 0 radical (unpaired) electrons. The Morgan fingerprint density at radius 2 is 0.487 bits per heavy atom. The molecule has 0 aromatic rings. The van der Waals surface area contributed by atoms with Crippen LogP contribution in [0.2, 0.25) is 0 Å². The second-order valence-electron chi connectivity index (χ2n) is 22.7. The predicted molar refractivity (Wildman–Crippen MR) is 348 cm³/mol. The van der Waals surface area contributed by atoms with Crippen LogP contribution in [-0.2, 0) is 28.6 Å². The molecule has 0 fully saturated rings. The molecule has 0 saturated carbocycles. The Balaban J connectivity index is 4.28. The van der Waals surface area contributed by atoms with E-state index in [2.05, 4.69) is 118 Å². The van der Waals surface area contributed by atoms with Crippen molar-refractivity contribution in [3.8, 4) is 0 Å². The van der Waals surface area contributed by atoms with E-state index in [4.69, 9.17) is 14.2 Å². The molecule has 0 amide bonds. The summed E-state index contributed by atoms with van der Waals surface area (Å²) >= 11 is 0. The second-order valence-corrected chi connectivity index (χ2v) is 22.7. The smallest absolute Gasteiger partial charge is 0.306 e. The number of hydrogen-bond donors (Lipinski definition) is 0. The van der Waals surface area contributed by atoms with E-state index in [0.29, 0.717) is 19.3 Å². The van der Waals surface area contributed by atoms with E-state index >= 15 is 0 Å². The Morgan fingerprint density at radius 1 is 0.263 bits per heavy atom. The monoisotopic (exact) mass is 1110 g/mol. The highest BCUT2D eigenvalue weighted by Crippen LogP contribution is 2.17. The van der Waals surface area contributed by atoms with Gasteiger partial charge in [-0.1, -0.05) is 311 Å². The molecule has 6 nitrogen and oxygen atoms in total. The van der Waals surface area contributed by atoms with Crippen LogP contribution in [-0.4, -0.2) is 37.2 Å². The van der Waals surface area contributed by atoms with Crippen LogP contribution in [0, 0.1) is 0 Å². The Labute approximate surface area is 496 Å². The lowest BCUT2D eigenvalue weighted by atomic mass is 10.0. The topological polar surface area (TPSA) is 78.9 Å². The molecule has 80 heavy (non-hydrogen) atoms. The lowest BCUT2D eigenvalue weighted by Crippen LogP contribution is -2.30. The lowest BCUT2D eigenvalue weighted by Gasteiger charge is -2.18. The van der Waals surface area contributed by atoms with Gasteiger partial charge in [-0.05, 0) is 103 Å². The van der Waals surface area contributed by atoms with Gasteiger partial charge in [0.2, 0.25) is 0 Å². The molecule has 0 saturated heterocycles. The molecular formula is C74H128O6. The van der Waals surface area contributed by atoms with E-state index < -0.39 is 6.10 Å². The maximum absolute atomic E-state index is 12.9. The third-order valence-electron chi connectivity index (χ3n) is 14.8. The molecule has 0 rings (SSSR count). The maximum atomic E-state index is 12.9. The van der Waals surface area contributed by atoms with E-state index in [-0.39, 0.29) is 31.1 Å². The van der Waals surface area contributed by atoms with Gasteiger partial charge in [-0.3, -0.25) is 14.4 Å². The summed E-state index contributed by atoms with van der Waals surface area (Å²) in [5.41, 5.74) is 0. The summed E-state index contributed by atoms with van der Waals surface area (Å²) in [6.45, 7) is 6.55. The third kappa shape index (κ3) is 65.1. The zero-order valence-electron chi connectivity index (χ0n) is 52.8. The molecule has 0 aromatic carbocycles. The fourth-order valence-corrected chi connectivity index (χ4v) is 9.71. The van der Waals surface area contributed by atoms with Gasteiger partial charge in [-0.25, -0.2) is 0 Å². The first-order valence-corrected chi connectivity index (χ1v) is 34.2. The number of carbonyl (C=O) groups excluding carboxylic acids is 3. The van der Waals surface area contributed by atoms with Crippen molar-refractivity contribution in [1.29, 1.82) is 0 Å². The number of esters is 3. The minimum absolute atomic E-state index is 0.0769. The van der Waals surface area contributed by atoms with Gasteiger partial charge in [0.1, 0.15) is 13.2 Å². The van der Waals surface area contributed by atoms with Crippen molar-refractivity contribution in [2.75, 3.05) is 13.2 Å². The van der Waals surface area contributed by atoms with E-state index in [1.165, 1.54) is 186 Å². The number of allylic oxidation sites excluding steroid dienone is 16. The summed E-state index contributed by atoms with van der Waals surface area (Å²) in [6, 6.07) is 0. The van der Waals surface area contributed by atoms with Gasteiger partial charge >= 0.3 is 17.9 Å². The summed E-state index contributed by atoms with van der Waals surface area (Å²) in [4.78, 5) is 38.4. The van der Waals surface area contributed by atoms with Crippen LogP contribution in [0.4, 0.5) is 0 Å². The van der Waals surface area contributed by atoms with Crippen LogP contribution >= 0.6 is 0 Å². The highest BCUT2D eigenvalue weighted by atomic mass is 16.6. The quantitative estimate of drug-likeness (QED) is 0.0261. The molecular weight excluding hydrogens is 985 g/mol. The van der Waals surface area contributed by atoms with Crippen molar-refractivity contribution in [2.45, 2.75) is 341 Å². The largest absolute Gasteiger partial charge is 0.462 e. The molecule has 0 aromatic heterocycles. The van der Waals surface area contributed by atoms with Gasteiger partial charge in [0.15, 0.2) is 6.10 Å². The van der Waals surface area contributed by atoms with E-state index in [9.17, 15) is 14.4 Å². The average molecular weight is 1110 g/mol. The van der Waals surface area contributed by atoms with E-state index in [1.54, 1.807) is 0 Å². The summed E-state index contributed by atoms with van der Waals surface area (Å²) < 4.78 is 17.0. The molecule has 1 unspecified atom stereocenters. The fraction of sp³-hybridized carbons (Fsp3) is 0.743. The molecule has 0 aliphatic rings. The van der Waals surface area contributed by atoms with Gasteiger partial charge in [0, 0.05) is 19.3 Å². The van der Waals surface area contributed by atoms with Crippen molar-refractivity contribution in [2.24, 2.45) is 0 Å². The highest BCUT2D eigenvalue weighted by molar-refractivity contribution is 5.71. The summed E-state index contributed by atoms with van der Waals surface area (Å²) in [5.74, 6) is -0.872. The van der Waals surface area contributed by atoms with Gasteiger partial charge in [0.05, 0.1) is 0 Å². The van der Waals surface area contributed by atoms with Crippen LogP contribution in [0.15, 0.2) is 97.2 Å². The maximum Gasteiger partial charge on any atom is 0.306 e. The van der Waals surface area contributed by atoms with Gasteiger partial charge in [-0.15, -0.1) is 0 Å². The molecule has 0 N–H and O–H groups in total. The first-order valence-electron chi connectivity index (χ1n) is 34.2. The molecule has 1 atom stereocenters. The van der Waals surface area contributed by atoms with E-state index in [1.807, 2.05) is 0 Å². The van der Waals surface area contributed by atoms with Crippen LogP contribution in [0.3, 0.4) is 0 Å². The molecule has 0 bridgehead atoms. The molecule has 0 spiro atoms. The zero-order chi connectivity index (χ0) is 57.8. The number of unbranched alkanes of at least 4 members (excludes halogenated alkanes) is 35. The van der Waals surface area contributed by atoms with Crippen molar-refractivity contribution in [3.05, 3.63) is 97.2 Å². The SMILES string of the molecule is CC/C=C\C/C=C\C/C=C\C/C=C\C/C=C\C/C=C\C/C=C\CCCCCCCCCCCC(=O)OCC(COC(=O)CCCCCCCCCCCCCCCC)OC(=O)CCCCCCCCC/C=C\CCCCCCCC. The van der Waals surface area contributed by atoms with Crippen LogP contribution in [0.25, 0.3) is 0 Å². The minimum atomic E-state index is -0.782. The van der Waals surface area contributed by atoms with Crippen molar-refractivity contribution < 1.29 is 28.6 Å². The standard InChI is InChI=1S/C74H128O6/c1-4-7-10-13-16-19-22-25-28-30-31-32-33-34-35-36-37-38-39-40-41-42-43-45-46-49-52-55-58-61-64-67-73(76)79-70-71(69-78-72(75)66-63-60-57-54-51-48-27-24-21-18-15-12-9-6-3)80-74(77)68-65-62-59-56-53-50-47-44-29-26-23-20-17-14-11-8-5-2/h7,10,16,19,25-26,28-29,31-32,34-35,37-38,40-41,71H,4-6,8-9,11-15,17-18,20-24,27,30,33,36,39,42-70H2,1-3H3/b10-7-,19-16-,28-25-,29-26-,32-31-,35-34-,38-37-,41-40-. The summed E-state index contributed by atoms with van der Waals surface area (Å²) in [5, 5.41) is 0. The predicted octanol–water partition coefficient (Wildman–Crippen LogP) is 23.6. The Kier molecular flexibility index (Phi) is 64.7. The number of carbonyl (C=O) groups is 3. The molecule has 0 aliphatic heterocycles. The zero-order valence-corrected chi connectivity index (χ0v) is 52.8. The Morgan fingerprint density at radius 3 is 0.775 bits per heavy atom. The van der Waals surface area contributed by atoms with Gasteiger partial charge in [0.25, 0.3) is 0 Å². The Hall–Kier alpha value is -3.67. The van der Waals surface area contributed by atoms with Crippen LogP contribution < -0.4 is 0 Å². The van der Waals surface area contributed by atoms with Gasteiger partial charge < -0.3 is 14.2 Å². The highest BCUT2D eigenvalue weighted by Gasteiger charge is 2.19. The second kappa shape index (κ2) is 67.8. The summed E-state index contributed by atoms with van der Waals surface area (Å²) in [6.07, 6.45) is 91.3. The minimum Gasteiger partial charge on any atom is -0.462 e. The van der Waals surface area contributed by atoms with Crippen molar-refractivity contribution in [1.82, 2.24) is 0 Å². The molecule has 460 valence electrons. The van der Waals surface area contributed by atoms with Gasteiger partial charge in [-0.2, -0.15) is 0 Å². The first kappa shape index (κ1) is 76.3. The average Bonchev–Trinajstić information content (AvgIpc) is 3.46. The van der Waals surface area contributed by atoms with Crippen molar-refractivity contribution >= 4 is 17.9 Å². The number of hydrogen-bond acceptors (Lipinski definition) is 6. The normalized spacial score (nSPS) is 12.7. The number of rotatable bonds is 62. The van der Waals surface area contributed by atoms with Crippen LogP contribution in [0.1, 0.15) is 335 Å². The number of ether oxygens (including phenoxy) is 3. The van der Waals surface area contributed by atoms with Crippen LogP contribution in [0.5, 0.6) is 0 Å². The molecule has 0 heterocycles. The molecule has 6 heteroatoms. The first-order chi connectivity index (χ1) is 39.5. The molecule has 0 aliphatic carbocycles. The summed E-state index contributed by atoms with van der Waals surface area (Å²) in [7, 11) is 0. The van der Waals surface area contributed by atoms with Crippen molar-refractivity contribution in [3.63, 3.8) is 0 Å². The lowest BCUT2D eigenvalue weighted by molar-refractivity contribution is -0.167. The fourth-order valence-electron chi connectivity index (χ4n) is 9.71. The Bertz CT molecular complexity index is 1560.